The van der Waals surface area contributed by atoms with Gasteiger partial charge in [-0.2, -0.15) is 0 Å². The van der Waals surface area contributed by atoms with Crippen molar-refractivity contribution in [3.63, 3.8) is 0 Å². The second-order valence-corrected chi connectivity index (χ2v) is 2.87. The van der Waals surface area contributed by atoms with Gasteiger partial charge in [-0.25, -0.2) is 5.06 Å². The highest BCUT2D eigenvalue weighted by molar-refractivity contribution is 5.96. The van der Waals surface area contributed by atoms with Crippen molar-refractivity contribution < 1.29 is 19.5 Å². The zero-order chi connectivity index (χ0) is 11.4. The van der Waals surface area contributed by atoms with E-state index in [2.05, 4.69) is 0 Å². The van der Waals surface area contributed by atoms with Gasteiger partial charge < -0.3 is 9.84 Å². The molecular formula is C10H13NO4. The Bertz CT molecular complexity index is 364. The summed E-state index contributed by atoms with van der Waals surface area (Å²) >= 11 is 0. The lowest BCUT2D eigenvalue weighted by molar-refractivity contribution is -0.0758. The van der Waals surface area contributed by atoms with Gasteiger partial charge in [0.05, 0.1) is 19.8 Å². The van der Waals surface area contributed by atoms with E-state index in [0.29, 0.717) is 5.75 Å². The minimum Gasteiger partial charge on any atom is -0.507 e. The molecule has 1 rings (SSSR count). The second-order valence-electron chi connectivity index (χ2n) is 2.87. The molecule has 0 aromatic heterocycles. The molecule has 1 N–H and O–H groups in total. The third-order valence-corrected chi connectivity index (χ3v) is 1.99. The van der Waals surface area contributed by atoms with Crippen LogP contribution in [0.3, 0.4) is 0 Å². The van der Waals surface area contributed by atoms with Crippen LogP contribution in [0.2, 0.25) is 0 Å². The molecule has 5 heteroatoms. The Kier molecular flexibility index (Phi) is 3.51. The van der Waals surface area contributed by atoms with Gasteiger partial charge in [0.25, 0.3) is 5.91 Å². The van der Waals surface area contributed by atoms with Crippen molar-refractivity contribution in [1.82, 2.24) is 5.06 Å². The Balaban J connectivity index is 3.07. The highest BCUT2D eigenvalue weighted by atomic mass is 16.7. The fourth-order valence-corrected chi connectivity index (χ4v) is 1.07. The lowest BCUT2D eigenvalue weighted by atomic mass is 10.2. The maximum atomic E-state index is 11.7. The van der Waals surface area contributed by atoms with Crippen molar-refractivity contribution in [2.45, 2.75) is 0 Å². The number of carbonyl (C=O) groups is 1. The molecule has 15 heavy (non-hydrogen) atoms. The first-order chi connectivity index (χ1) is 7.10. The number of hydrogen-bond acceptors (Lipinski definition) is 4. The average molecular weight is 211 g/mol. The number of hydrogen-bond donors (Lipinski definition) is 1. The van der Waals surface area contributed by atoms with E-state index < -0.39 is 5.91 Å². The van der Waals surface area contributed by atoms with E-state index >= 15 is 0 Å². The maximum Gasteiger partial charge on any atom is 0.281 e. The Morgan fingerprint density at radius 3 is 2.60 bits per heavy atom. The number of carbonyl (C=O) groups excluding carboxylic acids is 1. The predicted octanol–water partition coefficient (Wildman–Crippen LogP) is 1.03. The molecule has 0 unspecified atom stereocenters. The van der Waals surface area contributed by atoms with E-state index in [0.717, 1.165) is 5.06 Å². The van der Waals surface area contributed by atoms with E-state index in [4.69, 9.17) is 9.57 Å². The standard InChI is InChI=1S/C10H13NO4/c1-11(15-3)10(13)8-6-7(14-2)4-5-9(8)12/h4-6,12H,1-3H3. The second kappa shape index (κ2) is 4.65. The van der Waals surface area contributed by atoms with Gasteiger partial charge in [-0.1, -0.05) is 0 Å². The predicted molar refractivity (Wildman–Crippen MR) is 53.8 cm³/mol. The molecular weight excluding hydrogens is 198 g/mol. The number of nitrogens with zero attached hydrogens (tertiary/aromatic N) is 1. The number of phenols is 1. The molecule has 0 aliphatic heterocycles. The topological polar surface area (TPSA) is 59.0 Å². The van der Waals surface area contributed by atoms with Crippen LogP contribution in [0.1, 0.15) is 10.4 Å². The van der Waals surface area contributed by atoms with Crippen molar-refractivity contribution in [2.75, 3.05) is 21.3 Å². The van der Waals surface area contributed by atoms with E-state index in [1.54, 1.807) is 6.07 Å². The third-order valence-electron chi connectivity index (χ3n) is 1.99. The Labute approximate surface area is 87.8 Å². The van der Waals surface area contributed by atoms with Gasteiger partial charge in [-0.3, -0.25) is 9.63 Å². The summed E-state index contributed by atoms with van der Waals surface area (Å²) in [5.41, 5.74) is 0.138. The Morgan fingerprint density at radius 1 is 1.40 bits per heavy atom. The number of ether oxygens (including phenoxy) is 1. The summed E-state index contributed by atoms with van der Waals surface area (Å²) in [6, 6.07) is 4.42. The first-order valence-electron chi connectivity index (χ1n) is 4.29. The monoisotopic (exact) mass is 211 g/mol. The molecule has 0 heterocycles. The van der Waals surface area contributed by atoms with Crippen LogP contribution in [0, 0.1) is 0 Å². The fraction of sp³-hybridized carbons (Fsp3) is 0.300. The van der Waals surface area contributed by atoms with Crippen LogP contribution < -0.4 is 4.74 Å². The van der Waals surface area contributed by atoms with Crippen LogP contribution in [-0.2, 0) is 4.84 Å². The van der Waals surface area contributed by atoms with Crippen LogP contribution in [0.5, 0.6) is 11.5 Å². The van der Waals surface area contributed by atoms with Gasteiger partial charge >= 0.3 is 0 Å². The van der Waals surface area contributed by atoms with E-state index in [9.17, 15) is 9.90 Å². The van der Waals surface area contributed by atoms with Gasteiger partial charge in [0.1, 0.15) is 11.5 Å². The quantitative estimate of drug-likeness (QED) is 0.759. The summed E-state index contributed by atoms with van der Waals surface area (Å²) in [6.07, 6.45) is 0. The van der Waals surface area contributed by atoms with Crippen LogP contribution in [0.25, 0.3) is 0 Å². The van der Waals surface area contributed by atoms with Gasteiger partial charge in [-0.15, -0.1) is 0 Å². The van der Waals surface area contributed by atoms with E-state index in [-0.39, 0.29) is 11.3 Å². The number of amides is 1. The summed E-state index contributed by atoms with van der Waals surface area (Å²) in [5, 5.41) is 10.5. The molecule has 0 spiro atoms. The zero-order valence-corrected chi connectivity index (χ0v) is 8.85. The molecule has 1 amide bonds. The zero-order valence-electron chi connectivity index (χ0n) is 8.85. The third kappa shape index (κ3) is 2.38. The summed E-state index contributed by atoms with van der Waals surface area (Å²) in [4.78, 5) is 16.4. The summed E-state index contributed by atoms with van der Waals surface area (Å²) < 4.78 is 4.95. The van der Waals surface area contributed by atoms with Gasteiger partial charge in [-0.05, 0) is 18.2 Å². The maximum absolute atomic E-state index is 11.7. The highest BCUT2D eigenvalue weighted by Gasteiger charge is 2.16. The van der Waals surface area contributed by atoms with Crippen molar-refractivity contribution in [3.05, 3.63) is 23.8 Å². The van der Waals surface area contributed by atoms with Gasteiger partial charge in [0.15, 0.2) is 0 Å². The number of benzene rings is 1. The lowest BCUT2D eigenvalue weighted by Crippen LogP contribution is -2.25. The van der Waals surface area contributed by atoms with Crippen molar-refractivity contribution in [1.29, 1.82) is 0 Å². The average Bonchev–Trinajstić information content (AvgIpc) is 2.27. The van der Waals surface area contributed by atoms with Crippen LogP contribution in [0.4, 0.5) is 0 Å². The van der Waals surface area contributed by atoms with Crippen molar-refractivity contribution in [3.8, 4) is 11.5 Å². The molecule has 0 saturated carbocycles. The van der Waals surface area contributed by atoms with Crippen molar-refractivity contribution in [2.24, 2.45) is 0 Å². The number of aromatic hydroxyl groups is 1. The number of phenolic OH excluding ortho intramolecular Hbond substituents is 1. The van der Waals surface area contributed by atoms with Crippen LogP contribution in [0.15, 0.2) is 18.2 Å². The minimum absolute atomic E-state index is 0.107. The van der Waals surface area contributed by atoms with Gasteiger partial charge in [0, 0.05) is 7.05 Å². The summed E-state index contributed by atoms with van der Waals surface area (Å²) in [6.45, 7) is 0. The van der Waals surface area contributed by atoms with Gasteiger partial charge in [0.2, 0.25) is 0 Å². The smallest absolute Gasteiger partial charge is 0.281 e. The molecule has 1 aromatic rings. The number of rotatable bonds is 3. The Morgan fingerprint density at radius 2 is 2.07 bits per heavy atom. The Hall–Kier alpha value is -1.75. The summed E-state index contributed by atoms with van der Waals surface area (Å²) in [5.74, 6) is -0.0424. The van der Waals surface area contributed by atoms with E-state index in [1.165, 1.54) is 33.4 Å². The molecule has 0 aliphatic rings. The van der Waals surface area contributed by atoms with Crippen molar-refractivity contribution >= 4 is 5.91 Å². The number of methoxy groups -OCH3 is 1. The van der Waals surface area contributed by atoms with E-state index in [1.807, 2.05) is 0 Å². The first-order valence-corrected chi connectivity index (χ1v) is 4.29. The first kappa shape index (κ1) is 11.3. The fourth-order valence-electron chi connectivity index (χ4n) is 1.07. The normalized spacial score (nSPS) is 9.80. The molecule has 0 saturated heterocycles. The molecule has 0 radical (unpaired) electrons. The molecule has 5 nitrogen and oxygen atoms in total. The SMILES string of the molecule is COc1ccc(O)c(C(=O)N(C)OC)c1. The molecule has 0 aliphatic carbocycles. The molecule has 0 atom stereocenters. The van der Waals surface area contributed by atoms with Crippen LogP contribution >= 0.6 is 0 Å². The summed E-state index contributed by atoms with van der Waals surface area (Å²) in [7, 11) is 4.32. The largest absolute Gasteiger partial charge is 0.507 e. The highest BCUT2D eigenvalue weighted by Crippen LogP contribution is 2.23. The molecule has 82 valence electrons. The molecule has 0 bridgehead atoms. The minimum atomic E-state index is -0.436. The van der Waals surface area contributed by atoms with Crippen LogP contribution in [-0.4, -0.2) is 37.3 Å². The number of hydroxylamine groups is 2. The molecule has 1 aromatic carbocycles. The molecule has 0 fully saturated rings. The lowest BCUT2D eigenvalue weighted by Gasteiger charge is -2.14.